The van der Waals surface area contributed by atoms with E-state index in [0.717, 1.165) is 18.8 Å². The molecular formula is C15H21N3O. The number of aryl methyl sites for hydroxylation is 1. The van der Waals surface area contributed by atoms with Crippen molar-refractivity contribution in [3.05, 3.63) is 35.7 Å². The van der Waals surface area contributed by atoms with E-state index in [1.54, 1.807) is 7.11 Å². The topological polar surface area (TPSA) is 39.1 Å². The van der Waals surface area contributed by atoms with Gasteiger partial charge in [-0.3, -0.25) is 4.68 Å². The molecular weight excluding hydrogens is 238 g/mol. The molecule has 2 rings (SSSR count). The van der Waals surface area contributed by atoms with Crippen LogP contribution in [0.5, 0.6) is 5.75 Å². The summed E-state index contributed by atoms with van der Waals surface area (Å²) >= 11 is 0. The third-order valence-corrected chi connectivity index (χ3v) is 3.40. The van der Waals surface area contributed by atoms with Crippen molar-refractivity contribution in [1.29, 1.82) is 0 Å². The molecule has 0 aliphatic rings. The Hall–Kier alpha value is -1.81. The van der Waals surface area contributed by atoms with Crippen molar-refractivity contribution in [1.82, 2.24) is 15.1 Å². The van der Waals surface area contributed by atoms with E-state index < -0.39 is 0 Å². The van der Waals surface area contributed by atoms with Crippen LogP contribution in [0.3, 0.4) is 0 Å². The lowest BCUT2D eigenvalue weighted by Gasteiger charge is -2.12. The smallest absolute Gasteiger partial charge is 0.119 e. The van der Waals surface area contributed by atoms with Crippen LogP contribution in [0.15, 0.2) is 24.4 Å². The molecule has 1 aromatic heterocycles. The standard InChI is InChI=1S/C15H21N3O/c1-5-16-9-12-8-13(19-4)6-7-14(12)15-10-17-18(3)11(15)2/h6-8,10,16H,5,9H2,1-4H3. The average Bonchev–Trinajstić information content (AvgIpc) is 2.76. The molecule has 0 aliphatic heterocycles. The van der Waals surface area contributed by atoms with Crippen molar-refractivity contribution in [2.45, 2.75) is 20.4 Å². The molecule has 0 saturated heterocycles. The van der Waals surface area contributed by atoms with Crippen LogP contribution >= 0.6 is 0 Å². The van der Waals surface area contributed by atoms with Crippen molar-refractivity contribution in [2.75, 3.05) is 13.7 Å². The van der Waals surface area contributed by atoms with Crippen LogP contribution in [-0.2, 0) is 13.6 Å². The molecule has 0 saturated carbocycles. The summed E-state index contributed by atoms with van der Waals surface area (Å²) in [4.78, 5) is 0. The Kier molecular flexibility index (Phi) is 4.22. The normalized spacial score (nSPS) is 10.7. The zero-order chi connectivity index (χ0) is 13.8. The van der Waals surface area contributed by atoms with Crippen LogP contribution in [0.1, 0.15) is 18.2 Å². The number of hydrogen-bond donors (Lipinski definition) is 1. The lowest BCUT2D eigenvalue weighted by Crippen LogP contribution is -2.12. The Bertz CT molecular complexity index is 561. The van der Waals surface area contributed by atoms with Gasteiger partial charge in [0.25, 0.3) is 0 Å². The van der Waals surface area contributed by atoms with E-state index in [4.69, 9.17) is 4.74 Å². The maximum absolute atomic E-state index is 5.31. The fourth-order valence-corrected chi connectivity index (χ4v) is 2.13. The van der Waals surface area contributed by atoms with Gasteiger partial charge in [-0.1, -0.05) is 13.0 Å². The second-order valence-electron chi connectivity index (χ2n) is 4.57. The average molecular weight is 259 g/mol. The summed E-state index contributed by atoms with van der Waals surface area (Å²) in [5.74, 6) is 0.887. The van der Waals surface area contributed by atoms with E-state index in [1.807, 2.05) is 24.0 Å². The number of hydrogen-bond acceptors (Lipinski definition) is 3. The molecule has 4 nitrogen and oxygen atoms in total. The first-order valence-corrected chi connectivity index (χ1v) is 6.54. The van der Waals surface area contributed by atoms with Gasteiger partial charge in [0.15, 0.2) is 0 Å². The van der Waals surface area contributed by atoms with Crippen molar-refractivity contribution >= 4 is 0 Å². The first-order valence-electron chi connectivity index (χ1n) is 6.54. The minimum absolute atomic E-state index is 0.831. The molecule has 1 N–H and O–H groups in total. The summed E-state index contributed by atoms with van der Waals surface area (Å²) in [6.07, 6.45) is 1.92. The zero-order valence-corrected chi connectivity index (χ0v) is 12.0. The summed E-state index contributed by atoms with van der Waals surface area (Å²) < 4.78 is 7.21. The van der Waals surface area contributed by atoms with Crippen LogP contribution in [0.4, 0.5) is 0 Å². The van der Waals surface area contributed by atoms with Crippen molar-refractivity contribution in [3.8, 4) is 16.9 Å². The molecule has 0 aliphatic carbocycles. The number of ether oxygens (including phenoxy) is 1. The highest BCUT2D eigenvalue weighted by atomic mass is 16.5. The molecule has 0 spiro atoms. The van der Waals surface area contributed by atoms with Gasteiger partial charge in [0.1, 0.15) is 5.75 Å². The Morgan fingerprint density at radius 2 is 2.11 bits per heavy atom. The maximum Gasteiger partial charge on any atom is 0.119 e. The fourth-order valence-electron chi connectivity index (χ4n) is 2.13. The molecule has 19 heavy (non-hydrogen) atoms. The number of benzene rings is 1. The second kappa shape index (κ2) is 5.89. The van der Waals surface area contributed by atoms with E-state index in [0.29, 0.717) is 0 Å². The van der Waals surface area contributed by atoms with Gasteiger partial charge in [0.05, 0.1) is 13.3 Å². The Morgan fingerprint density at radius 3 is 2.68 bits per heavy atom. The number of methoxy groups -OCH3 is 1. The van der Waals surface area contributed by atoms with E-state index in [-0.39, 0.29) is 0 Å². The summed E-state index contributed by atoms with van der Waals surface area (Å²) in [6.45, 7) is 5.97. The van der Waals surface area contributed by atoms with Gasteiger partial charge in [-0.25, -0.2) is 0 Å². The number of aromatic nitrogens is 2. The Morgan fingerprint density at radius 1 is 1.32 bits per heavy atom. The lowest BCUT2D eigenvalue weighted by atomic mass is 10.00. The van der Waals surface area contributed by atoms with Gasteiger partial charge in [-0.2, -0.15) is 5.10 Å². The molecule has 1 aromatic carbocycles. The highest BCUT2D eigenvalue weighted by Crippen LogP contribution is 2.29. The Balaban J connectivity index is 2.46. The summed E-state index contributed by atoms with van der Waals surface area (Å²) in [7, 11) is 3.66. The fraction of sp³-hybridized carbons (Fsp3) is 0.400. The molecule has 0 fully saturated rings. The molecule has 4 heteroatoms. The van der Waals surface area contributed by atoms with E-state index in [2.05, 4.69) is 36.4 Å². The summed E-state index contributed by atoms with van der Waals surface area (Å²) in [5.41, 5.74) is 4.80. The molecule has 0 radical (unpaired) electrons. The third kappa shape index (κ3) is 2.79. The van der Waals surface area contributed by atoms with Gasteiger partial charge >= 0.3 is 0 Å². The maximum atomic E-state index is 5.31. The molecule has 0 bridgehead atoms. The molecule has 0 amide bonds. The van der Waals surface area contributed by atoms with E-state index >= 15 is 0 Å². The van der Waals surface area contributed by atoms with Gasteiger partial charge < -0.3 is 10.1 Å². The zero-order valence-electron chi connectivity index (χ0n) is 12.0. The van der Waals surface area contributed by atoms with Crippen LogP contribution in [0, 0.1) is 6.92 Å². The first kappa shape index (κ1) is 13.6. The van der Waals surface area contributed by atoms with Crippen molar-refractivity contribution < 1.29 is 4.74 Å². The monoisotopic (exact) mass is 259 g/mol. The molecule has 0 unspecified atom stereocenters. The predicted octanol–water partition coefficient (Wildman–Crippen LogP) is 2.51. The van der Waals surface area contributed by atoms with E-state index in [9.17, 15) is 0 Å². The van der Waals surface area contributed by atoms with Gasteiger partial charge in [-0.05, 0) is 36.7 Å². The molecule has 1 heterocycles. The molecule has 2 aromatic rings. The number of rotatable bonds is 5. The minimum Gasteiger partial charge on any atom is -0.497 e. The molecule has 0 atom stereocenters. The second-order valence-corrected chi connectivity index (χ2v) is 4.57. The van der Waals surface area contributed by atoms with Crippen LogP contribution < -0.4 is 10.1 Å². The lowest BCUT2D eigenvalue weighted by molar-refractivity contribution is 0.414. The van der Waals surface area contributed by atoms with E-state index in [1.165, 1.54) is 22.4 Å². The highest BCUT2D eigenvalue weighted by molar-refractivity contribution is 5.70. The van der Waals surface area contributed by atoms with Crippen molar-refractivity contribution in [2.24, 2.45) is 7.05 Å². The molecule has 102 valence electrons. The van der Waals surface area contributed by atoms with Crippen LogP contribution in [-0.4, -0.2) is 23.4 Å². The quantitative estimate of drug-likeness (QED) is 0.896. The van der Waals surface area contributed by atoms with Crippen LogP contribution in [0.25, 0.3) is 11.1 Å². The summed E-state index contributed by atoms with van der Waals surface area (Å²) in [5, 5.41) is 7.69. The SMILES string of the molecule is CCNCc1cc(OC)ccc1-c1cnn(C)c1C. The van der Waals surface area contributed by atoms with Gasteiger partial charge in [0, 0.05) is 24.8 Å². The first-order chi connectivity index (χ1) is 9.17. The van der Waals surface area contributed by atoms with Gasteiger partial charge in [-0.15, -0.1) is 0 Å². The van der Waals surface area contributed by atoms with Crippen LogP contribution in [0.2, 0.25) is 0 Å². The van der Waals surface area contributed by atoms with Crippen molar-refractivity contribution in [3.63, 3.8) is 0 Å². The Labute approximate surface area is 114 Å². The number of nitrogens with one attached hydrogen (secondary N) is 1. The highest BCUT2D eigenvalue weighted by Gasteiger charge is 2.11. The largest absolute Gasteiger partial charge is 0.497 e. The van der Waals surface area contributed by atoms with Gasteiger partial charge in [0.2, 0.25) is 0 Å². The third-order valence-electron chi connectivity index (χ3n) is 3.40. The minimum atomic E-state index is 0.831. The summed E-state index contributed by atoms with van der Waals surface area (Å²) in [6, 6.07) is 6.19. The predicted molar refractivity (Wildman–Crippen MR) is 77.3 cm³/mol. The number of nitrogens with zero attached hydrogens (tertiary/aromatic N) is 2.